The summed E-state index contributed by atoms with van der Waals surface area (Å²) in [4.78, 5) is 25.4. The molecule has 5 rings (SSSR count). The fourth-order valence-electron chi connectivity index (χ4n) is 4.87. The Hall–Kier alpha value is -3.59. The molecule has 2 aliphatic heterocycles. The van der Waals surface area contributed by atoms with E-state index in [0.29, 0.717) is 28.4 Å². The molecule has 3 aromatic rings. The quantitative estimate of drug-likeness (QED) is 0.405. The number of rotatable bonds is 7. The zero-order valence-corrected chi connectivity index (χ0v) is 21.9. The molecule has 0 aromatic heterocycles. The zero-order chi connectivity index (χ0) is 26.9. The van der Waals surface area contributed by atoms with Crippen LogP contribution in [-0.2, 0) is 25.5 Å². The number of fused-ring (bicyclic) bond motifs is 1. The van der Waals surface area contributed by atoms with Crippen LogP contribution in [0.15, 0.2) is 72.8 Å². The summed E-state index contributed by atoms with van der Waals surface area (Å²) in [7, 11) is 1.52. The molecule has 9 heteroatoms. The zero-order valence-electron chi connectivity index (χ0n) is 21.2. The van der Waals surface area contributed by atoms with Crippen molar-refractivity contribution in [3.63, 3.8) is 0 Å². The Balaban J connectivity index is 1.45. The highest BCUT2D eigenvalue weighted by atomic mass is 35.5. The fraction of sp³-hybridized carbons (Fsp3) is 0.310. The largest absolute Gasteiger partial charge is 0.509 e. The number of hydrogen-bond donors (Lipinski definition) is 1. The Labute approximate surface area is 225 Å². The number of nitrogens with one attached hydrogen (secondary N) is 1. The molecule has 198 valence electrons. The van der Waals surface area contributed by atoms with Gasteiger partial charge in [-0.2, -0.15) is 0 Å². The van der Waals surface area contributed by atoms with Crippen LogP contribution in [0.3, 0.4) is 0 Å². The minimum absolute atomic E-state index is 0.285. The van der Waals surface area contributed by atoms with E-state index in [4.69, 9.17) is 35.3 Å². The molecule has 0 saturated carbocycles. The monoisotopic (exact) mass is 537 g/mol. The lowest BCUT2D eigenvalue weighted by Crippen LogP contribution is -2.62. The minimum atomic E-state index is -0.981. The Morgan fingerprint density at radius 3 is 2.50 bits per heavy atom. The molecule has 2 aliphatic rings. The van der Waals surface area contributed by atoms with E-state index < -0.39 is 36.4 Å². The van der Waals surface area contributed by atoms with Gasteiger partial charge >= 0.3 is 6.16 Å². The van der Waals surface area contributed by atoms with Crippen molar-refractivity contribution in [3.8, 4) is 16.9 Å². The van der Waals surface area contributed by atoms with Gasteiger partial charge in [0.1, 0.15) is 11.9 Å². The lowest BCUT2D eigenvalue weighted by atomic mass is 9.89. The van der Waals surface area contributed by atoms with Gasteiger partial charge in [0.2, 0.25) is 12.4 Å². The molecule has 2 saturated heterocycles. The van der Waals surface area contributed by atoms with Gasteiger partial charge in [-0.05, 0) is 60.9 Å². The van der Waals surface area contributed by atoms with Crippen molar-refractivity contribution in [2.24, 2.45) is 0 Å². The smallest absolute Gasteiger partial charge is 0.461 e. The summed E-state index contributed by atoms with van der Waals surface area (Å²) in [5.74, 6) is 0.0751. The van der Waals surface area contributed by atoms with Crippen molar-refractivity contribution in [2.75, 3.05) is 7.11 Å². The van der Waals surface area contributed by atoms with Crippen molar-refractivity contribution in [1.29, 1.82) is 0 Å². The van der Waals surface area contributed by atoms with Crippen molar-refractivity contribution in [2.45, 2.75) is 50.6 Å². The molecule has 0 spiro atoms. The number of carbonyl (C=O) groups is 2. The minimum Gasteiger partial charge on any atom is -0.461 e. The second kappa shape index (κ2) is 10.6. The van der Waals surface area contributed by atoms with Gasteiger partial charge in [-0.25, -0.2) is 4.79 Å². The van der Waals surface area contributed by atoms with Gasteiger partial charge in [0.25, 0.3) is 5.91 Å². The third-order valence-corrected chi connectivity index (χ3v) is 6.87. The lowest BCUT2D eigenvalue weighted by Gasteiger charge is -2.45. The molecule has 1 N–H and O–H groups in total. The maximum absolute atomic E-state index is 13.4. The van der Waals surface area contributed by atoms with Gasteiger partial charge in [-0.1, -0.05) is 54.1 Å². The van der Waals surface area contributed by atoms with Gasteiger partial charge in [0.05, 0.1) is 11.2 Å². The fourth-order valence-corrected chi connectivity index (χ4v) is 5.06. The molecule has 8 nitrogen and oxygen atoms in total. The number of amides is 1. The van der Waals surface area contributed by atoms with E-state index >= 15 is 0 Å². The summed E-state index contributed by atoms with van der Waals surface area (Å²) in [6.45, 7) is 4.00. The summed E-state index contributed by atoms with van der Waals surface area (Å²) in [5, 5.41) is 3.53. The van der Waals surface area contributed by atoms with E-state index in [1.165, 1.54) is 7.11 Å². The number of halogens is 1. The van der Waals surface area contributed by atoms with Crippen molar-refractivity contribution >= 4 is 23.7 Å². The van der Waals surface area contributed by atoms with Crippen molar-refractivity contribution in [3.05, 3.63) is 88.9 Å². The first-order valence-corrected chi connectivity index (χ1v) is 12.6. The van der Waals surface area contributed by atoms with Gasteiger partial charge < -0.3 is 29.0 Å². The van der Waals surface area contributed by atoms with Gasteiger partial charge in [-0.15, -0.1) is 0 Å². The molecule has 38 heavy (non-hydrogen) atoms. The van der Waals surface area contributed by atoms with E-state index in [2.05, 4.69) is 5.32 Å². The van der Waals surface area contributed by atoms with Crippen LogP contribution in [0.1, 0.15) is 29.8 Å². The Kier molecular flexibility index (Phi) is 7.29. The number of carbonyl (C=O) groups excluding carboxylic acids is 2. The first kappa shape index (κ1) is 26.0. The average Bonchev–Trinajstić information content (AvgIpc) is 3.28. The summed E-state index contributed by atoms with van der Waals surface area (Å²) < 4.78 is 28.6. The van der Waals surface area contributed by atoms with Crippen LogP contribution in [-0.4, -0.2) is 49.4 Å². The maximum Gasteiger partial charge on any atom is 0.509 e. The highest BCUT2D eigenvalue weighted by molar-refractivity contribution is 6.30. The van der Waals surface area contributed by atoms with Crippen LogP contribution >= 0.6 is 11.6 Å². The predicted octanol–water partition coefficient (Wildman–Crippen LogP) is 5.37. The van der Waals surface area contributed by atoms with Crippen LogP contribution in [0.4, 0.5) is 4.79 Å². The van der Waals surface area contributed by atoms with Crippen LogP contribution < -0.4 is 10.1 Å². The number of benzene rings is 3. The topological polar surface area (TPSA) is 92.3 Å². The molecular weight excluding hydrogens is 510 g/mol. The Morgan fingerprint density at radius 2 is 1.76 bits per heavy atom. The molecular formula is C29H28ClNO7. The Morgan fingerprint density at radius 1 is 1.00 bits per heavy atom. The van der Waals surface area contributed by atoms with Crippen LogP contribution in [0.2, 0.25) is 5.02 Å². The van der Waals surface area contributed by atoms with Crippen LogP contribution in [0.25, 0.3) is 11.1 Å². The first-order valence-electron chi connectivity index (χ1n) is 12.2. The standard InChI is InChI=1S/C29H28ClNO7/c1-29(2)25(34-3)23-24(37-28(33)36-23)27(38-29)35-20-12-13-21(18-10-7-11-19(30)14-18)22(15-20)26(32)31-16-17-8-5-4-6-9-17/h4-15,23-25,27H,16H2,1-3H3,(H,31,32)/t23-,24+,25+,27+/m0/s1. The van der Waals surface area contributed by atoms with Crippen LogP contribution in [0, 0.1) is 0 Å². The molecule has 2 heterocycles. The molecule has 4 atom stereocenters. The maximum atomic E-state index is 13.4. The highest BCUT2D eigenvalue weighted by Crippen LogP contribution is 2.39. The predicted molar refractivity (Wildman–Crippen MR) is 140 cm³/mol. The van der Waals surface area contributed by atoms with Crippen LogP contribution in [0.5, 0.6) is 5.75 Å². The molecule has 3 aromatic carbocycles. The second-order valence-electron chi connectivity index (χ2n) is 9.66. The Bertz CT molecular complexity index is 1330. The third-order valence-electron chi connectivity index (χ3n) is 6.63. The molecule has 0 radical (unpaired) electrons. The second-order valence-corrected chi connectivity index (χ2v) is 10.1. The summed E-state index contributed by atoms with van der Waals surface area (Å²) in [5.41, 5.74) is 1.98. The molecule has 0 unspecified atom stereocenters. The lowest BCUT2D eigenvalue weighted by molar-refractivity contribution is -0.282. The van der Waals surface area contributed by atoms with Crippen molar-refractivity contribution < 1.29 is 33.3 Å². The van der Waals surface area contributed by atoms with E-state index in [9.17, 15) is 9.59 Å². The average molecular weight is 538 g/mol. The number of hydrogen-bond acceptors (Lipinski definition) is 7. The third kappa shape index (κ3) is 5.34. The summed E-state index contributed by atoms with van der Waals surface area (Å²) >= 11 is 6.24. The van der Waals surface area contributed by atoms with E-state index in [1.54, 1.807) is 30.3 Å². The normalized spacial score (nSPS) is 23.6. The number of methoxy groups -OCH3 is 1. The van der Waals surface area contributed by atoms with Gasteiger partial charge in [0, 0.05) is 18.7 Å². The van der Waals surface area contributed by atoms with Crippen molar-refractivity contribution in [1.82, 2.24) is 5.32 Å². The van der Waals surface area contributed by atoms with E-state index in [1.807, 2.05) is 56.3 Å². The van der Waals surface area contributed by atoms with E-state index in [-0.39, 0.29) is 5.91 Å². The SMILES string of the molecule is CO[C@@H]1[C@H]2OC(=O)O[C@H]2[C@H](Oc2ccc(-c3cccc(Cl)c3)c(C(=O)NCc3ccccc3)c2)OC1(C)C. The van der Waals surface area contributed by atoms with Gasteiger partial charge in [0.15, 0.2) is 6.10 Å². The highest BCUT2D eigenvalue weighted by Gasteiger charge is 2.58. The van der Waals surface area contributed by atoms with E-state index in [0.717, 1.165) is 11.1 Å². The number of ether oxygens (including phenoxy) is 5. The van der Waals surface area contributed by atoms with Gasteiger partial charge in [-0.3, -0.25) is 4.79 Å². The molecule has 0 aliphatic carbocycles. The summed E-state index contributed by atoms with van der Waals surface area (Å²) in [6, 6.07) is 22.1. The molecule has 2 fully saturated rings. The molecule has 1 amide bonds. The molecule has 0 bridgehead atoms. The first-order chi connectivity index (χ1) is 18.2. The summed E-state index contributed by atoms with van der Waals surface area (Å²) in [6.07, 6.45) is -3.90.